The largest absolute Gasteiger partial charge is 0.390 e. The zero-order valence-corrected chi connectivity index (χ0v) is 13.4. The molecule has 1 atom stereocenters. The van der Waals surface area contributed by atoms with Gasteiger partial charge in [-0.3, -0.25) is 0 Å². The van der Waals surface area contributed by atoms with Crippen molar-refractivity contribution in [3.63, 3.8) is 0 Å². The predicted molar refractivity (Wildman–Crippen MR) is 83.1 cm³/mol. The highest BCUT2D eigenvalue weighted by Gasteiger charge is 2.22. The zero-order chi connectivity index (χ0) is 14.5. The highest BCUT2D eigenvalue weighted by molar-refractivity contribution is 6.42. The van der Waals surface area contributed by atoms with Crippen LogP contribution in [0.4, 0.5) is 0 Å². The molecule has 0 saturated carbocycles. The van der Waals surface area contributed by atoms with Crippen molar-refractivity contribution in [2.24, 2.45) is 5.92 Å². The molecule has 0 aliphatic heterocycles. The van der Waals surface area contributed by atoms with Gasteiger partial charge in [-0.2, -0.15) is 0 Å². The molecule has 0 fully saturated rings. The minimum atomic E-state index is -0.779. The third-order valence-electron chi connectivity index (χ3n) is 3.00. The average Bonchev–Trinajstić information content (AvgIpc) is 2.30. The quantitative estimate of drug-likeness (QED) is 0.748. The van der Waals surface area contributed by atoms with Gasteiger partial charge in [0.1, 0.15) is 0 Å². The molecule has 0 aromatic heterocycles. The molecule has 19 heavy (non-hydrogen) atoms. The first-order valence-electron chi connectivity index (χ1n) is 6.68. The molecular weight excluding hydrogens is 281 g/mol. The Balaban J connectivity index is 2.51. The Morgan fingerprint density at radius 1 is 1.32 bits per heavy atom. The van der Waals surface area contributed by atoms with Gasteiger partial charge in [-0.1, -0.05) is 49.2 Å². The lowest BCUT2D eigenvalue weighted by molar-refractivity contribution is 0.0514. The third kappa shape index (κ3) is 6.13. The molecule has 1 unspecified atom stereocenters. The van der Waals surface area contributed by atoms with Crippen molar-refractivity contribution >= 4 is 23.2 Å². The van der Waals surface area contributed by atoms with Gasteiger partial charge >= 0.3 is 0 Å². The van der Waals surface area contributed by atoms with Crippen LogP contribution in [0.3, 0.4) is 0 Å². The van der Waals surface area contributed by atoms with Crippen molar-refractivity contribution in [3.8, 4) is 0 Å². The lowest BCUT2D eigenvalue weighted by atomic mass is 9.93. The molecule has 4 heteroatoms. The molecular formula is C15H23Cl2NO. The molecule has 0 amide bonds. The molecule has 108 valence electrons. The number of aliphatic hydroxyl groups is 1. The second-order valence-electron chi connectivity index (χ2n) is 5.73. The van der Waals surface area contributed by atoms with E-state index in [1.165, 1.54) is 0 Å². The van der Waals surface area contributed by atoms with Crippen molar-refractivity contribution in [3.05, 3.63) is 33.8 Å². The Hall–Kier alpha value is -0.280. The fourth-order valence-electron chi connectivity index (χ4n) is 1.93. The SMILES string of the molecule is CC(C)CNCCC(C)(O)Cc1cccc(Cl)c1Cl. The summed E-state index contributed by atoms with van der Waals surface area (Å²) in [6, 6.07) is 5.52. The van der Waals surface area contributed by atoms with E-state index < -0.39 is 5.60 Å². The number of hydrogen-bond acceptors (Lipinski definition) is 2. The maximum Gasteiger partial charge on any atom is 0.0672 e. The molecule has 0 radical (unpaired) electrons. The lowest BCUT2D eigenvalue weighted by Crippen LogP contribution is -2.33. The van der Waals surface area contributed by atoms with E-state index in [1.807, 2.05) is 19.1 Å². The van der Waals surface area contributed by atoms with Crippen molar-refractivity contribution in [1.82, 2.24) is 5.32 Å². The van der Waals surface area contributed by atoms with Crippen LogP contribution in [-0.2, 0) is 6.42 Å². The molecule has 0 aliphatic carbocycles. The van der Waals surface area contributed by atoms with E-state index in [-0.39, 0.29) is 0 Å². The van der Waals surface area contributed by atoms with Gasteiger partial charge in [0.25, 0.3) is 0 Å². The van der Waals surface area contributed by atoms with E-state index in [2.05, 4.69) is 19.2 Å². The van der Waals surface area contributed by atoms with E-state index in [4.69, 9.17) is 23.2 Å². The van der Waals surface area contributed by atoms with Crippen LogP contribution in [0.25, 0.3) is 0 Å². The monoisotopic (exact) mass is 303 g/mol. The minimum Gasteiger partial charge on any atom is -0.390 e. The highest BCUT2D eigenvalue weighted by atomic mass is 35.5. The van der Waals surface area contributed by atoms with Gasteiger partial charge in [-0.15, -0.1) is 0 Å². The van der Waals surface area contributed by atoms with E-state index in [0.29, 0.717) is 28.8 Å². The Morgan fingerprint density at radius 2 is 2.00 bits per heavy atom. The van der Waals surface area contributed by atoms with Gasteiger partial charge in [-0.05, 0) is 44.0 Å². The van der Waals surface area contributed by atoms with Crippen molar-refractivity contribution < 1.29 is 5.11 Å². The van der Waals surface area contributed by atoms with Crippen LogP contribution in [0.5, 0.6) is 0 Å². The van der Waals surface area contributed by atoms with Crippen molar-refractivity contribution in [2.75, 3.05) is 13.1 Å². The molecule has 2 nitrogen and oxygen atoms in total. The van der Waals surface area contributed by atoms with Gasteiger partial charge in [-0.25, -0.2) is 0 Å². The van der Waals surface area contributed by atoms with Crippen LogP contribution in [0, 0.1) is 5.92 Å². The van der Waals surface area contributed by atoms with Gasteiger partial charge in [0.2, 0.25) is 0 Å². The number of hydrogen-bond donors (Lipinski definition) is 2. The Morgan fingerprint density at radius 3 is 2.63 bits per heavy atom. The Bertz CT molecular complexity index is 405. The van der Waals surface area contributed by atoms with E-state index in [1.54, 1.807) is 6.07 Å². The molecule has 1 rings (SSSR count). The zero-order valence-electron chi connectivity index (χ0n) is 11.8. The Labute approximate surface area is 126 Å². The molecule has 0 spiro atoms. The molecule has 0 heterocycles. The normalized spacial score (nSPS) is 14.7. The van der Waals surface area contributed by atoms with E-state index >= 15 is 0 Å². The first kappa shape index (κ1) is 16.8. The number of halogens is 2. The molecule has 0 aliphatic rings. The topological polar surface area (TPSA) is 32.3 Å². The van der Waals surface area contributed by atoms with Crippen LogP contribution >= 0.6 is 23.2 Å². The number of rotatable bonds is 7. The maximum atomic E-state index is 10.4. The summed E-state index contributed by atoms with van der Waals surface area (Å²) in [5, 5.41) is 14.8. The number of benzene rings is 1. The summed E-state index contributed by atoms with van der Waals surface area (Å²) >= 11 is 12.1. The fourth-order valence-corrected chi connectivity index (χ4v) is 2.32. The summed E-state index contributed by atoms with van der Waals surface area (Å²) in [5.41, 5.74) is 0.112. The lowest BCUT2D eigenvalue weighted by Gasteiger charge is -2.24. The summed E-state index contributed by atoms with van der Waals surface area (Å²) in [7, 11) is 0. The summed E-state index contributed by atoms with van der Waals surface area (Å²) in [4.78, 5) is 0. The fraction of sp³-hybridized carbons (Fsp3) is 0.600. The van der Waals surface area contributed by atoms with Gasteiger partial charge < -0.3 is 10.4 Å². The van der Waals surface area contributed by atoms with Crippen molar-refractivity contribution in [2.45, 2.75) is 39.2 Å². The van der Waals surface area contributed by atoms with Crippen LogP contribution in [-0.4, -0.2) is 23.8 Å². The van der Waals surface area contributed by atoms with E-state index in [9.17, 15) is 5.11 Å². The first-order chi connectivity index (χ1) is 8.82. The second kappa shape index (κ2) is 7.49. The maximum absolute atomic E-state index is 10.4. The average molecular weight is 304 g/mol. The molecule has 0 bridgehead atoms. The molecule has 1 aromatic rings. The summed E-state index contributed by atoms with van der Waals surface area (Å²) < 4.78 is 0. The van der Waals surface area contributed by atoms with Gasteiger partial charge in [0, 0.05) is 6.42 Å². The van der Waals surface area contributed by atoms with E-state index in [0.717, 1.165) is 18.7 Å². The van der Waals surface area contributed by atoms with Crippen LogP contribution in [0.2, 0.25) is 10.0 Å². The van der Waals surface area contributed by atoms with Crippen LogP contribution < -0.4 is 5.32 Å². The highest BCUT2D eigenvalue weighted by Crippen LogP contribution is 2.29. The minimum absolute atomic E-state index is 0.510. The first-order valence-corrected chi connectivity index (χ1v) is 7.43. The van der Waals surface area contributed by atoms with Crippen LogP contribution in [0.15, 0.2) is 18.2 Å². The Kier molecular flexibility index (Phi) is 6.61. The van der Waals surface area contributed by atoms with Gasteiger partial charge in [0.15, 0.2) is 0 Å². The predicted octanol–water partition coefficient (Wildman–Crippen LogP) is 3.92. The smallest absolute Gasteiger partial charge is 0.0672 e. The third-order valence-corrected chi connectivity index (χ3v) is 3.85. The summed E-state index contributed by atoms with van der Waals surface area (Å²) in [6.07, 6.45) is 1.19. The standard InChI is InChI=1S/C15H23Cl2NO/c1-11(2)10-18-8-7-15(3,19)9-12-5-4-6-13(16)14(12)17/h4-6,11,18-19H,7-10H2,1-3H3. The molecule has 1 aromatic carbocycles. The van der Waals surface area contributed by atoms with Crippen LogP contribution in [0.1, 0.15) is 32.8 Å². The molecule has 2 N–H and O–H groups in total. The summed E-state index contributed by atoms with van der Waals surface area (Å²) in [6.45, 7) is 7.92. The van der Waals surface area contributed by atoms with Gasteiger partial charge in [0.05, 0.1) is 15.6 Å². The summed E-state index contributed by atoms with van der Waals surface area (Å²) in [5.74, 6) is 0.618. The second-order valence-corrected chi connectivity index (χ2v) is 6.52. The molecule has 0 saturated heterocycles. The number of nitrogens with one attached hydrogen (secondary N) is 1. The van der Waals surface area contributed by atoms with Crippen molar-refractivity contribution in [1.29, 1.82) is 0 Å².